The van der Waals surface area contributed by atoms with Crippen molar-refractivity contribution >= 4 is 6.29 Å². The maximum atomic E-state index is 10.7. The fourth-order valence-corrected chi connectivity index (χ4v) is 2.55. The van der Waals surface area contributed by atoms with Crippen LogP contribution >= 0.6 is 0 Å². The lowest BCUT2D eigenvalue weighted by Crippen LogP contribution is -2.35. The van der Waals surface area contributed by atoms with E-state index in [2.05, 4.69) is 34.9 Å². The smallest absolute Gasteiger partial charge is 0.150 e. The van der Waals surface area contributed by atoms with E-state index in [1.54, 1.807) is 12.1 Å². The lowest BCUT2D eigenvalue weighted by Gasteiger charge is -2.26. The third-order valence-electron chi connectivity index (χ3n) is 3.83. The molecule has 0 spiro atoms. The van der Waals surface area contributed by atoms with Gasteiger partial charge in [-0.2, -0.15) is 0 Å². The van der Waals surface area contributed by atoms with Gasteiger partial charge in [-0.25, -0.2) is 0 Å². The highest BCUT2D eigenvalue weighted by molar-refractivity contribution is 5.74. The minimum absolute atomic E-state index is 0.669. The van der Waals surface area contributed by atoms with Crippen LogP contribution in [-0.4, -0.2) is 37.5 Å². The van der Waals surface area contributed by atoms with Gasteiger partial charge in [-0.1, -0.05) is 36.1 Å². The lowest BCUT2D eigenvalue weighted by molar-refractivity contribution is 0.0342. The van der Waals surface area contributed by atoms with Gasteiger partial charge in [0.05, 0.1) is 13.2 Å². The van der Waals surface area contributed by atoms with Crippen LogP contribution in [0.4, 0.5) is 0 Å². The molecule has 0 N–H and O–H groups in total. The summed E-state index contributed by atoms with van der Waals surface area (Å²) >= 11 is 0. The van der Waals surface area contributed by atoms with Gasteiger partial charge in [0, 0.05) is 36.3 Å². The Morgan fingerprint density at radius 1 is 1.00 bits per heavy atom. The zero-order valence-electron chi connectivity index (χ0n) is 13.0. The molecule has 0 amide bonds. The number of carbonyl (C=O) groups excluding carboxylic acids is 1. The van der Waals surface area contributed by atoms with Crippen molar-refractivity contribution < 1.29 is 9.53 Å². The van der Waals surface area contributed by atoms with Gasteiger partial charge in [-0.3, -0.25) is 9.69 Å². The second-order valence-corrected chi connectivity index (χ2v) is 5.58. The molecule has 0 aliphatic carbocycles. The molecule has 0 radical (unpaired) electrons. The molecule has 1 saturated heterocycles. The number of rotatable bonds is 3. The first-order valence-electron chi connectivity index (χ1n) is 7.80. The van der Waals surface area contributed by atoms with Crippen molar-refractivity contribution in [3.8, 4) is 11.8 Å². The Morgan fingerprint density at radius 2 is 1.74 bits per heavy atom. The summed E-state index contributed by atoms with van der Waals surface area (Å²) in [7, 11) is 0. The number of benzene rings is 2. The maximum Gasteiger partial charge on any atom is 0.150 e. The van der Waals surface area contributed by atoms with Crippen LogP contribution in [0.25, 0.3) is 0 Å². The minimum Gasteiger partial charge on any atom is -0.379 e. The Morgan fingerprint density at radius 3 is 2.48 bits per heavy atom. The van der Waals surface area contributed by atoms with E-state index in [1.807, 2.05) is 18.2 Å². The van der Waals surface area contributed by atoms with E-state index >= 15 is 0 Å². The molecule has 0 bridgehead atoms. The molecule has 1 heterocycles. The molecular weight excluding hydrogens is 286 g/mol. The molecule has 2 aromatic rings. The molecule has 0 saturated carbocycles. The molecule has 1 aliphatic heterocycles. The zero-order valence-corrected chi connectivity index (χ0v) is 13.0. The van der Waals surface area contributed by atoms with E-state index in [0.29, 0.717) is 5.56 Å². The van der Waals surface area contributed by atoms with Crippen LogP contribution in [0.15, 0.2) is 48.5 Å². The summed E-state index contributed by atoms with van der Waals surface area (Å²) < 4.78 is 5.38. The van der Waals surface area contributed by atoms with Gasteiger partial charge in [0.1, 0.15) is 6.29 Å². The van der Waals surface area contributed by atoms with Crippen molar-refractivity contribution in [1.29, 1.82) is 0 Å². The summed E-state index contributed by atoms with van der Waals surface area (Å²) in [5, 5.41) is 0. The molecule has 3 nitrogen and oxygen atoms in total. The van der Waals surface area contributed by atoms with E-state index in [4.69, 9.17) is 4.74 Å². The molecule has 3 heteroatoms. The first-order valence-corrected chi connectivity index (χ1v) is 7.80. The molecule has 1 fully saturated rings. The summed E-state index contributed by atoms with van der Waals surface area (Å²) in [6.07, 6.45) is 0.840. The number of hydrogen-bond acceptors (Lipinski definition) is 3. The highest BCUT2D eigenvalue weighted by Gasteiger charge is 2.10. The first-order chi connectivity index (χ1) is 11.3. The van der Waals surface area contributed by atoms with Crippen LogP contribution in [0, 0.1) is 11.8 Å². The van der Waals surface area contributed by atoms with Crippen molar-refractivity contribution in [3.05, 3.63) is 70.8 Å². The van der Waals surface area contributed by atoms with Crippen LogP contribution in [0.1, 0.15) is 27.0 Å². The lowest BCUT2D eigenvalue weighted by atomic mass is 10.1. The molecule has 0 aromatic heterocycles. The highest BCUT2D eigenvalue weighted by Crippen LogP contribution is 2.10. The van der Waals surface area contributed by atoms with Gasteiger partial charge < -0.3 is 4.74 Å². The summed E-state index contributed by atoms with van der Waals surface area (Å²) in [4.78, 5) is 13.0. The predicted octanol–water partition coefficient (Wildman–Crippen LogP) is 2.73. The normalized spacial score (nSPS) is 14.8. The van der Waals surface area contributed by atoms with Crippen LogP contribution < -0.4 is 0 Å². The summed E-state index contributed by atoms with van der Waals surface area (Å²) in [6, 6.07) is 15.7. The molecule has 1 aliphatic rings. The van der Waals surface area contributed by atoms with Crippen molar-refractivity contribution in [2.24, 2.45) is 0 Å². The van der Waals surface area contributed by atoms with Crippen molar-refractivity contribution in [2.45, 2.75) is 6.54 Å². The second-order valence-electron chi connectivity index (χ2n) is 5.58. The predicted molar refractivity (Wildman–Crippen MR) is 90.3 cm³/mol. The average Bonchev–Trinajstić information content (AvgIpc) is 2.62. The number of ether oxygens (including phenoxy) is 1. The number of morpholine rings is 1. The SMILES string of the molecule is O=Cc1ccc(C#Cc2cccc(CN3CCOCC3)c2)cc1. The quantitative estimate of drug-likeness (QED) is 0.645. The van der Waals surface area contributed by atoms with Crippen molar-refractivity contribution in [2.75, 3.05) is 26.3 Å². The number of nitrogens with zero attached hydrogens (tertiary/aromatic N) is 1. The summed E-state index contributed by atoms with van der Waals surface area (Å²) in [6.45, 7) is 4.54. The van der Waals surface area contributed by atoms with Crippen LogP contribution in [0.5, 0.6) is 0 Å². The van der Waals surface area contributed by atoms with Crippen LogP contribution in [0.2, 0.25) is 0 Å². The molecule has 0 atom stereocenters. The largest absolute Gasteiger partial charge is 0.379 e. The third-order valence-corrected chi connectivity index (χ3v) is 3.83. The number of carbonyl (C=O) groups is 1. The molecule has 116 valence electrons. The van der Waals surface area contributed by atoms with Gasteiger partial charge in [-0.05, 0) is 29.8 Å². The monoisotopic (exact) mass is 305 g/mol. The summed E-state index contributed by atoms with van der Waals surface area (Å²) in [5.74, 6) is 6.34. The Hall–Kier alpha value is -2.41. The fourth-order valence-electron chi connectivity index (χ4n) is 2.55. The molecule has 3 rings (SSSR count). The zero-order chi connectivity index (χ0) is 15.9. The van der Waals surface area contributed by atoms with Crippen molar-refractivity contribution in [1.82, 2.24) is 4.90 Å². The Kier molecular flexibility index (Phi) is 5.21. The molecule has 2 aromatic carbocycles. The standard InChI is InChI=1S/C20H19NO2/c22-16-19-8-5-17(6-9-19)4-7-18-2-1-3-20(14-18)15-21-10-12-23-13-11-21/h1-3,5-6,8-9,14,16H,10-13,15H2. The van der Waals surface area contributed by atoms with E-state index in [0.717, 1.165) is 50.3 Å². The van der Waals surface area contributed by atoms with Gasteiger partial charge in [0.25, 0.3) is 0 Å². The number of hydrogen-bond donors (Lipinski definition) is 0. The van der Waals surface area contributed by atoms with E-state index in [-0.39, 0.29) is 0 Å². The maximum absolute atomic E-state index is 10.7. The third kappa shape index (κ3) is 4.53. The second kappa shape index (κ2) is 7.73. The number of aldehydes is 1. The topological polar surface area (TPSA) is 29.5 Å². The van der Waals surface area contributed by atoms with Gasteiger partial charge in [0.15, 0.2) is 0 Å². The first kappa shape index (κ1) is 15.5. The van der Waals surface area contributed by atoms with Crippen molar-refractivity contribution in [3.63, 3.8) is 0 Å². The fraction of sp³-hybridized carbons (Fsp3) is 0.250. The van der Waals surface area contributed by atoms with Crippen LogP contribution in [-0.2, 0) is 11.3 Å². The molecule has 0 unspecified atom stereocenters. The Balaban J connectivity index is 1.69. The minimum atomic E-state index is 0.669. The Bertz CT molecular complexity index is 719. The molecular formula is C20H19NO2. The van der Waals surface area contributed by atoms with E-state index in [1.165, 1.54) is 5.56 Å². The molecule has 23 heavy (non-hydrogen) atoms. The van der Waals surface area contributed by atoms with E-state index in [9.17, 15) is 4.79 Å². The van der Waals surface area contributed by atoms with Gasteiger partial charge in [0.2, 0.25) is 0 Å². The highest BCUT2D eigenvalue weighted by atomic mass is 16.5. The Labute approximate surface area is 136 Å². The average molecular weight is 305 g/mol. The van der Waals surface area contributed by atoms with Gasteiger partial charge in [-0.15, -0.1) is 0 Å². The van der Waals surface area contributed by atoms with E-state index < -0.39 is 0 Å². The van der Waals surface area contributed by atoms with Crippen LogP contribution in [0.3, 0.4) is 0 Å². The summed E-state index contributed by atoms with van der Waals surface area (Å²) in [5.41, 5.74) is 3.86. The van der Waals surface area contributed by atoms with Gasteiger partial charge >= 0.3 is 0 Å².